The van der Waals surface area contributed by atoms with E-state index in [0.717, 1.165) is 25.9 Å². The molecule has 1 fully saturated rings. The molecule has 152 valence electrons. The summed E-state index contributed by atoms with van der Waals surface area (Å²) in [6.45, 7) is 2.04. The Labute approximate surface area is 164 Å². The second-order valence-corrected chi connectivity index (χ2v) is 7.01. The quantitative estimate of drug-likeness (QED) is 0.772. The number of aromatic nitrogens is 2. The van der Waals surface area contributed by atoms with Crippen LogP contribution < -0.4 is 20.3 Å². The largest absolute Gasteiger partial charge is 0.493 e. The summed E-state index contributed by atoms with van der Waals surface area (Å²) in [5.41, 5.74) is 0.413. The molecule has 0 radical (unpaired) electrons. The lowest BCUT2D eigenvalue weighted by Gasteiger charge is -2.31. The zero-order chi connectivity index (χ0) is 20.1. The van der Waals surface area contributed by atoms with Crippen LogP contribution in [0.3, 0.4) is 0 Å². The van der Waals surface area contributed by atoms with Gasteiger partial charge < -0.3 is 19.7 Å². The maximum Gasteiger partial charge on any atom is 0.261 e. The van der Waals surface area contributed by atoms with Crippen molar-refractivity contribution in [3.05, 3.63) is 28.8 Å². The SMILES string of the molecule is CNC1CCN(C(=O)CCCn2cnc3cc(OC)c(OC)cc3c2=O)CC1. The number of likely N-dealkylation sites (tertiary alicyclic amines) is 1. The Morgan fingerprint density at radius 3 is 2.54 bits per heavy atom. The molecule has 2 heterocycles. The lowest BCUT2D eigenvalue weighted by atomic mass is 10.0. The molecule has 0 atom stereocenters. The molecule has 0 saturated carbocycles. The van der Waals surface area contributed by atoms with Crippen LogP contribution >= 0.6 is 0 Å². The van der Waals surface area contributed by atoms with Gasteiger partial charge in [0.25, 0.3) is 5.56 Å². The fourth-order valence-electron chi connectivity index (χ4n) is 3.62. The lowest BCUT2D eigenvalue weighted by Crippen LogP contribution is -2.43. The van der Waals surface area contributed by atoms with Gasteiger partial charge in [-0.15, -0.1) is 0 Å². The van der Waals surface area contributed by atoms with Gasteiger partial charge in [-0.1, -0.05) is 0 Å². The first-order chi connectivity index (χ1) is 13.6. The van der Waals surface area contributed by atoms with E-state index in [1.807, 2.05) is 11.9 Å². The number of nitrogens with one attached hydrogen (secondary N) is 1. The number of benzene rings is 1. The van der Waals surface area contributed by atoms with E-state index in [0.29, 0.717) is 47.8 Å². The zero-order valence-corrected chi connectivity index (χ0v) is 16.7. The summed E-state index contributed by atoms with van der Waals surface area (Å²) in [6.07, 6.45) is 4.54. The van der Waals surface area contributed by atoms with Crippen LogP contribution in [-0.2, 0) is 11.3 Å². The van der Waals surface area contributed by atoms with Gasteiger partial charge in [-0.05, 0) is 32.4 Å². The zero-order valence-electron chi connectivity index (χ0n) is 16.7. The minimum Gasteiger partial charge on any atom is -0.493 e. The molecule has 2 aromatic rings. The standard InChI is InChI=1S/C20H28N4O4/c1-21-14-6-9-23(10-7-14)19(25)5-4-8-24-13-22-16-12-18(28-3)17(27-2)11-15(16)20(24)26/h11-14,21H,4-10H2,1-3H3. The van der Waals surface area contributed by atoms with Crippen LogP contribution in [-0.4, -0.2) is 60.8 Å². The number of hydrogen-bond donors (Lipinski definition) is 1. The summed E-state index contributed by atoms with van der Waals surface area (Å²) in [4.78, 5) is 31.5. The van der Waals surface area contributed by atoms with Crippen molar-refractivity contribution >= 4 is 16.8 Å². The smallest absolute Gasteiger partial charge is 0.261 e. The fraction of sp³-hybridized carbons (Fsp3) is 0.550. The highest BCUT2D eigenvalue weighted by Gasteiger charge is 2.21. The number of carbonyl (C=O) groups is 1. The van der Waals surface area contributed by atoms with E-state index in [-0.39, 0.29) is 11.5 Å². The Balaban J connectivity index is 1.64. The molecule has 28 heavy (non-hydrogen) atoms. The minimum absolute atomic E-state index is 0.145. The summed E-state index contributed by atoms with van der Waals surface area (Å²) >= 11 is 0. The second kappa shape index (κ2) is 9.05. The molecule has 0 aliphatic carbocycles. The molecular formula is C20H28N4O4. The number of aryl methyl sites for hydroxylation is 1. The van der Waals surface area contributed by atoms with Crippen LogP contribution in [0, 0.1) is 0 Å². The number of carbonyl (C=O) groups excluding carboxylic acids is 1. The molecule has 8 nitrogen and oxygen atoms in total. The first kappa shape index (κ1) is 20.1. The molecule has 1 aromatic heterocycles. The molecule has 1 amide bonds. The van der Waals surface area contributed by atoms with Crippen molar-refractivity contribution in [3.63, 3.8) is 0 Å². The van der Waals surface area contributed by atoms with E-state index >= 15 is 0 Å². The molecular weight excluding hydrogens is 360 g/mol. The van der Waals surface area contributed by atoms with Crippen LogP contribution in [0.5, 0.6) is 11.5 Å². The van der Waals surface area contributed by atoms with Crippen molar-refractivity contribution in [2.45, 2.75) is 38.3 Å². The number of rotatable bonds is 7. The van der Waals surface area contributed by atoms with Crippen molar-refractivity contribution < 1.29 is 14.3 Å². The Hall–Kier alpha value is -2.61. The van der Waals surface area contributed by atoms with Crippen LogP contribution in [0.4, 0.5) is 0 Å². The van der Waals surface area contributed by atoms with Gasteiger partial charge in [-0.25, -0.2) is 4.98 Å². The maximum atomic E-state index is 12.8. The van der Waals surface area contributed by atoms with E-state index in [2.05, 4.69) is 10.3 Å². The van der Waals surface area contributed by atoms with Crippen molar-refractivity contribution in [1.82, 2.24) is 19.8 Å². The number of ether oxygens (including phenoxy) is 2. The highest BCUT2D eigenvalue weighted by Crippen LogP contribution is 2.29. The Bertz CT molecular complexity index is 888. The lowest BCUT2D eigenvalue weighted by molar-refractivity contribution is -0.132. The molecule has 1 aliphatic rings. The van der Waals surface area contributed by atoms with E-state index in [1.165, 1.54) is 13.4 Å². The van der Waals surface area contributed by atoms with E-state index in [1.54, 1.807) is 23.8 Å². The third-order valence-corrected chi connectivity index (χ3v) is 5.37. The summed E-state index contributed by atoms with van der Waals surface area (Å²) in [5.74, 6) is 1.18. The second-order valence-electron chi connectivity index (χ2n) is 7.01. The van der Waals surface area contributed by atoms with Crippen LogP contribution in [0.25, 0.3) is 10.9 Å². The molecule has 1 saturated heterocycles. The summed E-state index contributed by atoms with van der Waals surface area (Å²) in [7, 11) is 5.04. The molecule has 0 spiro atoms. The minimum atomic E-state index is -0.145. The van der Waals surface area contributed by atoms with Gasteiger partial charge in [-0.3, -0.25) is 14.2 Å². The number of fused-ring (bicyclic) bond motifs is 1. The number of amides is 1. The number of hydrogen-bond acceptors (Lipinski definition) is 6. The van der Waals surface area contributed by atoms with Crippen LogP contribution in [0.1, 0.15) is 25.7 Å². The predicted molar refractivity (Wildman–Crippen MR) is 107 cm³/mol. The predicted octanol–water partition coefficient (Wildman–Crippen LogP) is 1.40. The normalized spacial score (nSPS) is 15.0. The molecule has 1 aliphatic heterocycles. The van der Waals surface area contributed by atoms with Gasteiger partial charge in [0.05, 0.1) is 31.4 Å². The third-order valence-electron chi connectivity index (χ3n) is 5.37. The highest BCUT2D eigenvalue weighted by molar-refractivity contribution is 5.81. The van der Waals surface area contributed by atoms with Gasteiger partial charge in [-0.2, -0.15) is 0 Å². The summed E-state index contributed by atoms with van der Waals surface area (Å²) in [6, 6.07) is 3.84. The van der Waals surface area contributed by atoms with Gasteiger partial charge in [0, 0.05) is 38.2 Å². The average molecular weight is 388 g/mol. The van der Waals surface area contributed by atoms with Crippen molar-refractivity contribution in [3.8, 4) is 11.5 Å². The van der Waals surface area contributed by atoms with Crippen molar-refractivity contribution in [2.24, 2.45) is 0 Å². The fourth-order valence-corrected chi connectivity index (χ4v) is 3.62. The average Bonchev–Trinajstić information content (AvgIpc) is 2.74. The number of methoxy groups -OCH3 is 2. The first-order valence-corrected chi connectivity index (χ1v) is 9.63. The van der Waals surface area contributed by atoms with Crippen molar-refractivity contribution in [1.29, 1.82) is 0 Å². The monoisotopic (exact) mass is 388 g/mol. The van der Waals surface area contributed by atoms with Gasteiger partial charge in [0.2, 0.25) is 5.91 Å². The van der Waals surface area contributed by atoms with Crippen LogP contribution in [0.15, 0.2) is 23.3 Å². The summed E-state index contributed by atoms with van der Waals surface area (Å²) < 4.78 is 12.1. The van der Waals surface area contributed by atoms with Gasteiger partial charge in [0.1, 0.15) is 0 Å². The number of piperidine rings is 1. The molecule has 1 aromatic carbocycles. The van der Waals surface area contributed by atoms with E-state index in [9.17, 15) is 9.59 Å². The van der Waals surface area contributed by atoms with E-state index < -0.39 is 0 Å². The Kier molecular flexibility index (Phi) is 6.51. The Morgan fingerprint density at radius 1 is 1.21 bits per heavy atom. The first-order valence-electron chi connectivity index (χ1n) is 9.63. The summed E-state index contributed by atoms with van der Waals surface area (Å²) in [5, 5.41) is 3.74. The molecule has 8 heteroatoms. The van der Waals surface area contributed by atoms with Crippen LogP contribution in [0.2, 0.25) is 0 Å². The Morgan fingerprint density at radius 2 is 1.89 bits per heavy atom. The molecule has 0 bridgehead atoms. The van der Waals surface area contributed by atoms with Crippen molar-refractivity contribution in [2.75, 3.05) is 34.4 Å². The van der Waals surface area contributed by atoms with E-state index in [4.69, 9.17) is 9.47 Å². The highest BCUT2D eigenvalue weighted by atomic mass is 16.5. The number of nitrogens with zero attached hydrogens (tertiary/aromatic N) is 3. The van der Waals surface area contributed by atoms with Gasteiger partial charge >= 0.3 is 0 Å². The molecule has 0 unspecified atom stereocenters. The topological polar surface area (TPSA) is 85.7 Å². The third kappa shape index (κ3) is 4.27. The van der Waals surface area contributed by atoms with Gasteiger partial charge in [0.15, 0.2) is 11.5 Å². The maximum absolute atomic E-state index is 12.8. The molecule has 1 N–H and O–H groups in total. The molecule has 3 rings (SSSR count).